The van der Waals surface area contributed by atoms with Crippen molar-refractivity contribution in [3.63, 3.8) is 0 Å². The minimum atomic E-state index is -1.12. The summed E-state index contributed by atoms with van der Waals surface area (Å²) in [6.07, 6.45) is 4.54. The van der Waals surface area contributed by atoms with Crippen molar-refractivity contribution in [2.45, 2.75) is 0 Å². The molecule has 2 aromatic rings. The Kier molecular flexibility index (Phi) is 2.95. The van der Waals surface area contributed by atoms with Crippen LogP contribution in [0.15, 0.2) is 30.7 Å². The van der Waals surface area contributed by atoms with Crippen molar-refractivity contribution in [3.8, 4) is 17.0 Å². The normalized spacial score (nSPS) is 9.94. The summed E-state index contributed by atoms with van der Waals surface area (Å²) in [5, 5.41) is 16.5. The predicted octanol–water partition coefficient (Wildman–Crippen LogP) is 1.25. The van der Waals surface area contributed by atoms with E-state index < -0.39 is 5.97 Å². The predicted molar refractivity (Wildman–Crippen MR) is 58.8 cm³/mol. The number of nitrogens with zero attached hydrogens (tertiary/aromatic N) is 3. The number of hydrogen-bond donors (Lipinski definition) is 1. The van der Waals surface area contributed by atoms with Gasteiger partial charge in [-0.15, -0.1) is 5.10 Å². The number of aromatic nitrogens is 3. The fourth-order valence-electron chi connectivity index (χ4n) is 1.46. The molecule has 86 valence electrons. The summed E-state index contributed by atoms with van der Waals surface area (Å²) in [6, 6.07) is 3.46. The number of rotatable bonds is 3. The first-order valence-electron chi connectivity index (χ1n) is 4.77. The van der Waals surface area contributed by atoms with E-state index in [1.807, 2.05) is 0 Å². The van der Waals surface area contributed by atoms with E-state index >= 15 is 0 Å². The van der Waals surface area contributed by atoms with Crippen molar-refractivity contribution in [2.75, 3.05) is 7.11 Å². The van der Waals surface area contributed by atoms with Gasteiger partial charge in [0.15, 0.2) is 0 Å². The summed E-state index contributed by atoms with van der Waals surface area (Å²) in [6.45, 7) is 0. The molecule has 6 nitrogen and oxygen atoms in total. The molecule has 0 unspecified atom stereocenters. The molecule has 0 aliphatic carbocycles. The number of hydrogen-bond acceptors (Lipinski definition) is 5. The van der Waals surface area contributed by atoms with Gasteiger partial charge in [0.05, 0.1) is 13.3 Å². The van der Waals surface area contributed by atoms with E-state index in [0.29, 0.717) is 11.1 Å². The summed E-state index contributed by atoms with van der Waals surface area (Å²) in [5.41, 5.74) is 1.06. The number of aromatic carboxylic acids is 1. The van der Waals surface area contributed by atoms with Crippen LogP contribution in [0.5, 0.6) is 5.88 Å². The number of carboxylic acids is 1. The molecule has 0 saturated heterocycles. The maximum atomic E-state index is 11.2. The van der Waals surface area contributed by atoms with Gasteiger partial charge in [0.1, 0.15) is 5.56 Å². The van der Waals surface area contributed by atoms with Crippen LogP contribution < -0.4 is 4.74 Å². The van der Waals surface area contributed by atoms with Gasteiger partial charge in [-0.25, -0.2) is 4.79 Å². The Morgan fingerprint density at radius 1 is 1.41 bits per heavy atom. The molecule has 6 heteroatoms. The smallest absolute Gasteiger partial charge is 0.341 e. The summed E-state index contributed by atoms with van der Waals surface area (Å²) >= 11 is 0. The highest BCUT2D eigenvalue weighted by atomic mass is 16.5. The standard InChI is InChI=1S/C11H9N3O3/c1-17-10-9(11(15)16)8(6-13-14-10)7-3-2-4-12-5-7/h2-6H,1H3,(H,15,16). The SMILES string of the molecule is COc1nncc(-c2cccnc2)c1C(=O)O. The minimum absolute atomic E-state index is 0.0150. The van der Waals surface area contributed by atoms with Gasteiger partial charge in [0.25, 0.3) is 0 Å². The Bertz CT molecular complexity index is 543. The Morgan fingerprint density at radius 2 is 2.24 bits per heavy atom. The quantitative estimate of drug-likeness (QED) is 0.855. The first kappa shape index (κ1) is 11.0. The second-order valence-electron chi connectivity index (χ2n) is 3.19. The molecule has 1 N–H and O–H groups in total. The average Bonchev–Trinajstić information content (AvgIpc) is 2.38. The maximum Gasteiger partial charge on any atom is 0.341 e. The molecule has 2 aromatic heterocycles. The van der Waals surface area contributed by atoms with E-state index in [9.17, 15) is 9.90 Å². The van der Waals surface area contributed by atoms with Crippen molar-refractivity contribution in [3.05, 3.63) is 36.3 Å². The molecular weight excluding hydrogens is 222 g/mol. The Morgan fingerprint density at radius 3 is 2.82 bits per heavy atom. The van der Waals surface area contributed by atoms with E-state index in [1.165, 1.54) is 13.3 Å². The molecule has 17 heavy (non-hydrogen) atoms. The summed E-state index contributed by atoms with van der Waals surface area (Å²) < 4.78 is 4.89. The van der Waals surface area contributed by atoms with E-state index in [0.717, 1.165) is 0 Å². The number of methoxy groups -OCH3 is 1. The van der Waals surface area contributed by atoms with Gasteiger partial charge in [-0.2, -0.15) is 5.10 Å². The molecule has 0 amide bonds. The lowest BCUT2D eigenvalue weighted by Gasteiger charge is -2.07. The van der Waals surface area contributed by atoms with Crippen molar-refractivity contribution in [1.82, 2.24) is 15.2 Å². The minimum Gasteiger partial charge on any atom is -0.479 e. The van der Waals surface area contributed by atoms with Gasteiger partial charge < -0.3 is 9.84 Å². The number of pyridine rings is 1. The molecule has 0 fully saturated rings. The van der Waals surface area contributed by atoms with Gasteiger partial charge >= 0.3 is 5.97 Å². The van der Waals surface area contributed by atoms with Crippen molar-refractivity contribution in [2.24, 2.45) is 0 Å². The maximum absolute atomic E-state index is 11.2. The molecule has 2 heterocycles. The van der Waals surface area contributed by atoms with E-state index in [-0.39, 0.29) is 11.4 Å². The monoisotopic (exact) mass is 231 g/mol. The number of ether oxygens (including phenoxy) is 1. The molecule has 0 atom stereocenters. The highest BCUT2D eigenvalue weighted by Gasteiger charge is 2.19. The van der Waals surface area contributed by atoms with E-state index in [2.05, 4.69) is 15.2 Å². The summed E-state index contributed by atoms with van der Waals surface area (Å²) in [5.74, 6) is -1.13. The van der Waals surface area contributed by atoms with Crippen LogP contribution in [0.4, 0.5) is 0 Å². The largest absolute Gasteiger partial charge is 0.479 e. The Hall–Kier alpha value is -2.50. The van der Waals surface area contributed by atoms with Crippen LogP contribution in [0, 0.1) is 0 Å². The first-order valence-corrected chi connectivity index (χ1v) is 4.77. The summed E-state index contributed by atoms with van der Waals surface area (Å²) in [7, 11) is 1.35. The van der Waals surface area contributed by atoms with Crippen molar-refractivity contribution >= 4 is 5.97 Å². The molecule has 0 bridgehead atoms. The molecule has 0 aliphatic rings. The highest BCUT2D eigenvalue weighted by molar-refractivity contribution is 5.97. The molecule has 0 aromatic carbocycles. The van der Waals surface area contributed by atoms with Crippen LogP contribution in [0.1, 0.15) is 10.4 Å². The molecule has 0 aliphatic heterocycles. The van der Waals surface area contributed by atoms with Crippen LogP contribution in [0.25, 0.3) is 11.1 Å². The lowest BCUT2D eigenvalue weighted by Crippen LogP contribution is -2.06. The molecular formula is C11H9N3O3. The zero-order chi connectivity index (χ0) is 12.3. The van der Waals surface area contributed by atoms with Crippen LogP contribution in [0.3, 0.4) is 0 Å². The second kappa shape index (κ2) is 4.56. The number of carbonyl (C=O) groups is 1. The second-order valence-corrected chi connectivity index (χ2v) is 3.19. The van der Waals surface area contributed by atoms with Crippen LogP contribution in [-0.4, -0.2) is 33.4 Å². The van der Waals surface area contributed by atoms with Crippen molar-refractivity contribution in [1.29, 1.82) is 0 Å². The third-order valence-electron chi connectivity index (χ3n) is 2.20. The zero-order valence-corrected chi connectivity index (χ0v) is 8.99. The summed E-state index contributed by atoms with van der Waals surface area (Å²) in [4.78, 5) is 15.1. The van der Waals surface area contributed by atoms with Crippen LogP contribution in [0.2, 0.25) is 0 Å². The molecule has 2 rings (SSSR count). The third kappa shape index (κ3) is 2.05. The average molecular weight is 231 g/mol. The fraction of sp³-hybridized carbons (Fsp3) is 0.0909. The topological polar surface area (TPSA) is 85.2 Å². The van der Waals surface area contributed by atoms with E-state index in [1.54, 1.807) is 24.5 Å². The first-order chi connectivity index (χ1) is 8.24. The third-order valence-corrected chi connectivity index (χ3v) is 2.20. The van der Waals surface area contributed by atoms with Gasteiger partial charge in [0, 0.05) is 23.5 Å². The zero-order valence-electron chi connectivity index (χ0n) is 8.99. The van der Waals surface area contributed by atoms with Crippen LogP contribution in [-0.2, 0) is 0 Å². The van der Waals surface area contributed by atoms with Gasteiger partial charge in [-0.1, -0.05) is 6.07 Å². The lowest BCUT2D eigenvalue weighted by molar-refractivity contribution is 0.0693. The fourth-order valence-corrected chi connectivity index (χ4v) is 1.46. The van der Waals surface area contributed by atoms with Gasteiger partial charge in [0.2, 0.25) is 5.88 Å². The van der Waals surface area contributed by atoms with E-state index in [4.69, 9.17) is 4.74 Å². The highest BCUT2D eigenvalue weighted by Crippen LogP contribution is 2.27. The van der Waals surface area contributed by atoms with Crippen molar-refractivity contribution < 1.29 is 14.6 Å². The molecule has 0 radical (unpaired) electrons. The molecule has 0 spiro atoms. The Balaban J connectivity index is 2.66. The van der Waals surface area contributed by atoms with Crippen LogP contribution >= 0.6 is 0 Å². The van der Waals surface area contributed by atoms with Gasteiger partial charge in [-0.05, 0) is 6.07 Å². The van der Waals surface area contributed by atoms with Gasteiger partial charge in [-0.3, -0.25) is 4.98 Å². The lowest BCUT2D eigenvalue weighted by atomic mass is 10.0. The number of carboxylic acid groups (broad SMARTS) is 1. The molecule has 0 saturated carbocycles. The Labute approximate surface area is 96.9 Å².